The maximum Gasteiger partial charge on any atom is 0.0346 e. The number of nitrogens with two attached hydrogens (primary N) is 1. The van der Waals surface area contributed by atoms with Gasteiger partial charge >= 0.3 is 0 Å². The van der Waals surface area contributed by atoms with Crippen molar-refractivity contribution in [3.8, 4) is 0 Å². The molecule has 0 amide bonds. The minimum atomic E-state index is 1.02. The van der Waals surface area contributed by atoms with Crippen molar-refractivity contribution in [2.45, 2.75) is 0 Å². The van der Waals surface area contributed by atoms with E-state index >= 15 is 0 Å². The molecular weight excluding hydrogens is 212 g/mol. The van der Waals surface area contributed by atoms with Crippen LogP contribution in [0, 0.1) is 0 Å². The Morgan fingerprint density at radius 3 is 1.76 bits per heavy atom. The van der Waals surface area contributed by atoms with Gasteiger partial charge < -0.3 is 0 Å². The summed E-state index contributed by atoms with van der Waals surface area (Å²) in [4.78, 5) is 4.39. The molecule has 3 N–H and O–H groups in total. The standard InChI is InChI=1S/C14H14N2O/c15-17-16-11-14(12-7-3-1-4-8-12)13-9-5-2-6-10-13/h1-11,16H,15H2. The highest BCUT2D eigenvalue weighted by molar-refractivity contribution is 5.79. The third-order valence-electron chi connectivity index (χ3n) is 2.44. The van der Waals surface area contributed by atoms with Crippen LogP contribution in [0.25, 0.3) is 5.57 Å². The monoisotopic (exact) mass is 226 g/mol. The molecule has 2 aromatic rings. The summed E-state index contributed by atoms with van der Waals surface area (Å²) < 4.78 is 0. The maximum atomic E-state index is 4.98. The van der Waals surface area contributed by atoms with E-state index in [9.17, 15) is 0 Å². The average molecular weight is 226 g/mol. The second-order valence-electron chi connectivity index (χ2n) is 3.53. The lowest BCUT2D eigenvalue weighted by molar-refractivity contribution is 0.0726. The van der Waals surface area contributed by atoms with Gasteiger partial charge in [0.05, 0.1) is 0 Å². The van der Waals surface area contributed by atoms with Crippen LogP contribution >= 0.6 is 0 Å². The van der Waals surface area contributed by atoms with Crippen LogP contribution in [0.15, 0.2) is 66.9 Å². The van der Waals surface area contributed by atoms with E-state index in [-0.39, 0.29) is 0 Å². The summed E-state index contributed by atoms with van der Waals surface area (Å²) in [5.74, 6) is 4.98. The Balaban J connectivity index is 2.40. The summed E-state index contributed by atoms with van der Waals surface area (Å²) in [6.45, 7) is 0. The molecule has 0 fully saturated rings. The minimum Gasteiger partial charge on any atom is -0.255 e. The van der Waals surface area contributed by atoms with Gasteiger partial charge in [0.1, 0.15) is 0 Å². The first-order valence-corrected chi connectivity index (χ1v) is 5.34. The molecule has 0 bridgehead atoms. The lowest BCUT2D eigenvalue weighted by Gasteiger charge is -2.08. The van der Waals surface area contributed by atoms with Crippen molar-refractivity contribution < 1.29 is 4.94 Å². The number of hydrogen-bond donors (Lipinski definition) is 2. The molecule has 0 unspecified atom stereocenters. The van der Waals surface area contributed by atoms with E-state index in [4.69, 9.17) is 5.90 Å². The summed E-state index contributed by atoms with van der Waals surface area (Å²) in [5, 5.41) is 0. The average Bonchev–Trinajstić information content (AvgIpc) is 2.42. The van der Waals surface area contributed by atoms with Gasteiger partial charge in [-0.25, -0.2) is 0 Å². The molecule has 0 aromatic heterocycles. The van der Waals surface area contributed by atoms with Crippen LogP contribution in [0.5, 0.6) is 0 Å². The van der Waals surface area contributed by atoms with Crippen molar-refractivity contribution >= 4 is 5.57 Å². The van der Waals surface area contributed by atoms with Gasteiger partial charge in [-0.2, -0.15) is 10.8 Å². The van der Waals surface area contributed by atoms with E-state index in [1.807, 2.05) is 60.7 Å². The molecule has 0 saturated heterocycles. The Morgan fingerprint density at radius 1 is 0.882 bits per heavy atom. The van der Waals surface area contributed by atoms with Gasteiger partial charge in [-0.05, 0) is 11.1 Å². The van der Waals surface area contributed by atoms with Crippen LogP contribution in [0.3, 0.4) is 0 Å². The Kier molecular flexibility index (Phi) is 3.91. The van der Waals surface area contributed by atoms with Gasteiger partial charge in [-0.1, -0.05) is 60.7 Å². The first-order chi connectivity index (χ1) is 8.42. The van der Waals surface area contributed by atoms with Crippen LogP contribution < -0.4 is 11.4 Å². The maximum absolute atomic E-state index is 4.98. The Hall–Kier alpha value is -2.10. The fraction of sp³-hybridized carbons (Fsp3) is 0. The first kappa shape index (κ1) is 11.4. The molecule has 0 radical (unpaired) electrons. The molecule has 0 spiro atoms. The quantitative estimate of drug-likeness (QED) is 0.787. The van der Waals surface area contributed by atoms with Crippen molar-refractivity contribution in [1.29, 1.82) is 0 Å². The zero-order chi connectivity index (χ0) is 11.9. The van der Waals surface area contributed by atoms with Gasteiger partial charge in [-0.15, -0.1) is 0 Å². The van der Waals surface area contributed by atoms with Gasteiger partial charge in [0.25, 0.3) is 0 Å². The number of benzene rings is 2. The summed E-state index contributed by atoms with van der Waals surface area (Å²) in [5.41, 5.74) is 5.79. The van der Waals surface area contributed by atoms with E-state index in [1.54, 1.807) is 6.20 Å². The van der Waals surface area contributed by atoms with Gasteiger partial charge in [0, 0.05) is 11.8 Å². The minimum absolute atomic E-state index is 1.02. The van der Waals surface area contributed by atoms with Crippen molar-refractivity contribution in [2.24, 2.45) is 5.90 Å². The molecule has 0 aliphatic rings. The van der Waals surface area contributed by atoms with Gasteiger partial charge in [-0.3, -0.25) is 5.48 Å². The summed E-state index contributed by atoms with van der Waals surface area (Å²) in [7, 11) is 0. The number of rotatable bonds is 4. The molecule has 2 rings (SSSR count). The number of nitrogens with one attached hydrogen (secondary N) is 1. The van der Waals surface area contributed by atoms with Crippen LogP contribution in [0.4, 0.5) is 0 Å². The van der Waals surface area contributed by atoms with Crippen LogP contribution in [-0.2, 0) is 4.94 Å². The highest BCUT2D eigenvalue weighted by Gasteiger charge is 2.03. The first-order valence-electron chi connectivity index (χ1n) is 5.34. The molecule has 3 nitrogen and oxygen atoms in total. The largest absolute Gasteiger partial charge is 0.255 e. The molecule has 86 valence electrons. The highest BCUT2D eigenvalue weighted by Crippen LogP contribution is 2.21. The Labute approximate surface area is 100 Å². The molecule has 0 aliphatic heterocycles. The van der Waals surface area contributed by atoms with E-state index in [0.717, 1.165) is 16.7 Å². The zero-order valence-electron chi connectivity index (χ0n) is 9.34. The van der Waals surface area contributed by atoms with E-state index in [1.165, 1.54) is 0 Å². The molecule has 17 heavy (non-hydrogen) atoms. The number of hydroxylamine groups is 1. The topological polar surface area (TPSA) is 47.3 Å². The predicted octanol–water partition coefficient (Wildman–Crippen LogP) is 2.47. The summed E-state index contributed by atoms with van der Waals surface area (Å²) in [6, 6.07) is 20.1. The van der Waals surface area contributed by atoms with E-state index in [0.29, 0.717) is 0 Å². The second-order valence-corrected chi connectivity index (χ2v) is 3.53. The van der Waals surface area contributed by atoms with Gasteiger partial charge in [0.15, 0.2) is 0 Å². The highest BCUT2D eigenvalue weighted by atomic mass is 16.8. The molecule has 0 saturated carbocycles. The summed E-state index contributed by atoms with van der Waals surface area (Å²) >= 11 is 0. The van der Waals surface area contributed by atoms with Gasteiger partial charge in [0.2, 0.25) is 0 Å². The van der Waals surface area contributed by atoms with Crippen LogP contribution in [0.1, 0.15) is 11.1 Å². The van der Waals surface area contributed by atoms with Crippen molar-refractivity contribution in [1.82, 2.24) is 5.48 Å². The molecule has 3 heteroatoms. The summed E-state index contributed by atoms with van der Waals surface area (Å²) in [6.07, 6.45) is 1.74. The SMILES string of the molecule is NONC=C(c1ccccc1)c1ccccc1. The van der Waals surface area contributed by atoms with E-state index in [2.05, 4.69) is 10.4 Å². The predicted molar refractivity (Wildman–Crippen MR) is 68.4 cm³/mol. The fourth-order valence-corrected chi connectivity index (χ4v) is 1.66. The zero-order valence-corrected chi connectivity index (χ0v) is 9.34. The molecule has 0 atom stereocenters. The second kappa shape index (κ2) is 5.84. The van der Waals surface area contributed by atoms with E-state index < -0.39 is 0 Å². The molecular formula is C14H14N2O. The third kappa shape index (κ3) is 2.93. The lowest BCUT2D eigenvalue weighted by atomic mass is 9.99. The molecule has 0 aliphatic carbocycles. The van der Waals surface area contributed by atoms with Crippen molar-refractivity contribution in [3.05, 3.63) is 78.0 Å². The normalized spacial score (nSPS) is 9.71. The fourth-order valence-electron chi connectivity index (χ4n) is 1.66. The Morgan fingerprint density at radius 2 is 1.35 bits per heavy atom. The molecule has 0 heterocycles. The molecule has 2 aromatic carbocycles. The smallest absolute Gasteiger partial charge is 0.0346 e. The van der Waals surface area contributed by atoms with Crippen LogP contribution in [-0.4, -0.2) is 0 Å². The Bertz CT molecular complexity index is 439. The lowest BCUT2D eigenvalue weighted by Crippen LogP contribution is -2.12. The third-order valence-corrected chi connectivity index (χ3v) is 2.44. The number of hydrogen-bond acceptors (Lipinski definition) is 3. The van der Waals surface area contributed by atoms with Crippen LogP contribution in [0.2, 0.25) is 0 Å². The van der Waals surface area contributed by atoms with Crippen molar-refractivity contribution in [3.63, 3.8) is 0 Å². The van der Waals surface area contributed by atoms with Crippen molar-refractivity contribution in [2.75, 3.05) is 0 Å².